The van der Waals surface area contributed by atoms with E-state index in [2.05, 4.69) is 0 Å². The van der Waals surface area contributed by atoms with Crippen molar-refractivity contribution >= 4 is 28.9 Å². The SMILES string of the molecule is COc1ccc(/C=C2\SC(=NCc3ccc(OC)cc3)N(Cc3ccc(OC)cc3)C2=O)cc1. The van der Waals surface area contributed by atoms with Gasteiger partial charge in [-0.15, -0.1) is 0 Å². The Kier molecular flexibility index (Phi) is 7.54. The summed E-state index contributed by atoms with van der Waals surface area (Å²) in [5, 5.41) is 0.677. The number of amidine groups is 1. The Morgan fingerprint density at radius 1 is 0.765 bits per heavy atom. The molecule has 1 aliphatic rings. The largest absolute Gasteiger partial charge is 0.497 e. The average molecular weight is 475 g/mol. The average Bonchev–Trinajstić information content (AvgIpc) is 3.17. The molecule has 7 heteroatoms. The van der Waals surface area contributed by atoms with Crippen molar-refractivity contribution in [1.29, 1.82) is 0 Å². The molecule has 0 N–H and O–H groups in total. The molecule has 4 rings (SSSR count). The van der Waals surface area contributed by atoms with Crippen molar-refractivity contribution in [2.75, 3.05) is 21.3 Å². The maximum Gasteiger partial charge on any atom is 0.267 e. The van der Waals surface area contributed by atoms with E-state index in [1.807, 2.05) is 78.9 Å². The summed E-state index contributed by atoms with van der Waals surface area (Å²) in [5.41, 5.74) is 2.97. The molecule has 0 spiro atoms. The number of carbonyl (C=O) groups is 1. The molecule has 6 nitrogen and oxygen atoms in total. The van der Waals surface area contributed by atoms with E-state index in [0.29, 0.717) is 23.2 Å². The molecule has 1 fully saturated rings. The number of hydrogen-bond acceptors (Lipinski definition) is 6. The number of aliphatic imine (C=N–C) groups is 1. The Morgan fingerprint density at radius 2 is 1.26 bits per heavy atom. The fourth-order valence-electron chi connectivity index (χ4n) is 3.42. The quantitative estimate of drug-likeness (QED) is 0.410. The summed E-state index contributed by atoms with van der Waals surface area (Å²) in [6.07, 6.45) is 1.89. The zero-order valence-corrected chi connectivity index (χ0v) is 20.2. The van der Waals surface area contributed by atoms with E-state index in [9.17, 15) is 4.79 Å². The van der Waals surface area contributed by atoms with Crippen molar-refractivity contribution in [1.82, 2.24) is 4.90 Å². The van der Waals surface area contributed by atoms with Gasteiger partial charge < -0.3 is 14.2 Å². The minimum Gasteiger partial charge on any atom is -0.497 e. The van der Waals surface area contributed by atoms with E-state index in [1.165, 1.54) is 11.8 Å². The van der Waals surface area contributed by atoms with Crippen LogP contribution in [0.4, 0.5) is 0 Å². The molecule has 174 valence electrons. The molecule has 0 aliphatic carbocycles. The smallest absolute Gasteiger partial charge is 0.267 e. The predicted molar refractivity (Wildman–Crippen MR) is 136 cm³/mol. The molecule has 3 aromatic carbocycles. The topological polar surface area (TPSA) is 60.4 Å². The summed E-state index contributed by atoms with van der Waals surface area (Å²) in [7, 11) is 4.91. The van der Waals surface area contributed by atoms with Crippen LogP contribution in [0, 0.1) is 0 Å². The zero-order chi connectivity index (χ0) is 23.9. The highest BCUT2D eigenvalue weighted by molar-refractivity contribution is 8.18. The first-order valence-electron chi connectivity index (χ1n) is 10.8. The van der Waals surface area contributed by atoms with E-state index in [1.54, 1.807) is 26.2 Å². The summed E-state index contributed by atoms with van der Waals surface area (Å²) in [5.74, 6) is 2.28. The van der Waals surface area contributed by atoms with E-state index in [4.69, 9.17) is 19.2 Å². The number of methoxy groups -OCH3 is 3. The van der Waals surface area contributed by atoms with Gasteiger partial charge >= 0.3 is 0 Å². The Morgan fingerprint density at radius 3 is 1.79 bits per heavy atom. The van der Waals surface area contributed by atoms with Crippen molar-refractivity contribution in [2.24, 2.45) is 4.99 Å². The van der Waals surface area contributed by atoms with Crippen molar-refractivity contribution in [2.45, 2.75) is 13.1 Å². The minimum atomic E-state index is -0.0647. The van der Waals surface area contributed by atoms with E-state index < -0.39 is 0 Å². The lowest BCUT2D eigenvalue weighted by molar-refractivity contribution is -0.122. The number of nitrogens with zero attached hydrogens (tertiary/aromatic N) is 2. The highest BCUT2D eigenvalue weighted by atomic mass is 32.2. The van der Waals surface area contributed by atoms with Crippen LogP contribution < -0.4 is 14.2 Å². The highest BCUT2D eigenvalue weighted by Crippen LogP contribution is 2.34. The van der Waals surface area contributed by atoms with Gasteiger partial charge in [0.2, 0.25) is 0 Å². The van der Waals surface area contributed by atoms with Crippen LogP contribution >= 0.6 is 11.8 Å². The molecular formula is C27H26N2O4S. The van der Waals surface area contributed by atoms with Crippen LogP contribution in [0.1, 0.15) is 16.7 Å². The normalized spacial score (nSPS) is 15.7. The molecular weight excluding hydrogens is 448 g/mol. The minimum absolute atomic E-state index is 0.0647. The molecule has 1 aliphatic heterocycles. The number of thioether (sulfide) groups is 1. The van der Waals surface area contributed by atoms with Crippen molar-refractivity contribution in [3.63, 3.8) is 0 Å². The first-order valence-corrected chi connectivity index (χ1v) is 11.6. The summed E-state index contributed by atoms with van der Waals surface area (Å²) < 4.78 is 15.7. The fourth-order valence-corrected chi connectivity index (χ4v) is 4.40. The van der Waals surface area contributed by atoms with Gasteiger partial charge in [-0.05, 0) is 70.9 Å². The van der Waals surface area contributed by atoms with Gasteiger partial charge in [0.15, 0.2) is 5.17 Å². The molecule has 1 saturated heterocycles. The molecule has 1 amide bonds. The number of ether oxygens (including phenoxy) is 3. The molecule has 0 radical (unpaired) electrons. The third-order valence-electron chi connectivity index (χ3n) is 5.36. The van der Waals surface area contributed by atoms with Crippen LogP contribution in [0.15, 0.2) is 82.7 Å². The second-order valence-electron chi connectivity index (χ2n) is 7.57. The van der Waals surface area contributed by atoms with Crippen LogP contribution in [0.3, 0.4) is 0 Å². The lowest BCUT2D eigenvalue weighted by Gasteiger charge is -2.16. The van der Waals surface area contributed by atoms with Crippen molar-refractivity contribution in [3.05, 3.63) is 94.4 Å². The van der Waals surface area contributed by atoms with Gasteiger partial charge in [0.05, 0.1) is 39.3 Å². The third-order valence-corrected chi connectivity index (χ3v) is 6.40. The van der Waals surface area contributed by atoms with Crippen LogP contribution in [0.5, 0.6) is 17.2 Å². The molecule has 0 atom stereocenters. The molecule has 3 aromatic rings. The van der Waals surface area contributed by atoms with Gasteiger partial charge in [-0.3, -0.25) is 14.7 Å². The summed E-state index contributed by atoms with van der Waals surface area (Å²) in [6.45, 7) is 0.895. The number of hydrogen-bond donors (Lipinski definition) is 0. The Hall–Kier alpha value is -3.71. The number of carbonyl (C=O) groups excluding carboxylic acids is 1. The monoisotopic (exact) mass is 474 g/mol. The summed E-state index contributed by atoms with van der Waals surface area (Å²) in [6, 6.07) is 23.1. The van der Waals surface area contributed by atoms with Gasteiger partial charge in [0, 0.05) is 0 Å². The highest BCUT2D eigenvalue weighted by Gasteiger charge is 2.33. The van der Waals surface area contributed by atoms with Crippen LogP contribution in [-0.2, 0) is 17.9 Å². The molecule has 0 bridgehead atoms. The maximum atomic E-state index is 13.4. The van der Waals surface area contributed by atoms with E-state index >= 15 is 0 Å². The lowest BCUT2D eigenvalue weighted by Crippen LogP contribution is -2.28. The number of amides is 1. The van der Waals surface area contributed by atoms with Crippen LogP contribution in [0.25, 0.3) is 6.08 Å². The maximum absolute atomic E-state index is 13.4. The fraction of sp³-hybridized carbons (Fsp3) is 0.185. The number of rotatable bonds is 8. The molecule has 1 heterocycles. The standard InChI is InChI=1S/C27H26N2O4S/c1-31-22-10-4-19(5-11-22)16-25-26(30)29(18-21-8-14-24(33-3)15-9-21)27(34-25)28-17-20-6-12-23(32-2)13-7-20/h4-16H,17-18H2,1-3H3/b25-16-,28-27?. The number of benzene rings is 3. The molecule has 0 aromatic heterocycles. The predicted octanol–water partition coefficient (Wildman–Crippen LogP) is 5.39. The molecule has 34 heavy (non-hydrogen) atoms. The van der Waals surface area contributed by atoms with Gasteiger partial charge in [0.25, 0.3) is 5.91 Å². The first-order chi connectivity index (χ1) is 16.6. The Balaban J connectivity index is 1.60. The third kappa shape index (κ3) is 5.61. The van der Waals surface area contributed by atoms with Crippen molar-refractivity contribution in [3.8, 4) is 17.2 Å². The van der Waals surface area contributed by atoms with Gasteiger partial charge in [0.1, 0.15) is 17.2 Å². The van der Waals surface area contributed by atoms with E-state index in [-0.39, 0.29) is 5.91 Å². The van der Waals surface area contributed by atoms with Gasteiger partial charge in [-0.1, -0.05) is 36.4 Å². The molecule has 0 saturated carbocycles. The van der Waals surface area contributed by atoms with Crippen LogP contribution in [0.2, 0.25) is 0 Å². The molecule has 0 unspecified atom stereocenters. The lowest BCUT2D eigenvalue weighted by atomic mass is 10.2. The Labute approximate surface area is 203 Å². The van der Waals surface area contributed by atoms with Gasteiger partial charge in [-0.25, -0.2) is 0 Å². The van der Waals surface area contributed by atoms with Crippen LogP contribution in [-0.4, -0.2) is 37.3 Å². The second-order valence-corrected chi connectivity index (χ2v) is 8.58. The second kappa shape index (κ2) is 10.9. The first kappa shape index (κ1) is 23.4. The zero-order valence-electron chi connectivity index (χ0n) is 19.4. The van der Waals surface area contributed by atoms with E-state index in [0.717, 1.165) is 33.9 Å². The summed E-state index contributed by atoms with van der Waals surface area (Å²) in [4.78, 5) is 20.5. The van der Waals surface area contributed by atoms with Crippen molar-refractivity contribution < 1.29 is 19.0 Å². The summed E-state index contributed by atoms with van der Waals surface area (Å²) >= 11 is 1.39. The Bertz CT molecular complexity index is 1190. The van der Waals surface area contributed by atoms with Gasteiger partial charge in [-0.2, -0.15) is 0 Å².